The topological polar surface area (TPSA) is 61.4 Å². The molecule has 0 bridgehead atoms. The Bertz CT molecular complexity index is 780. The molecule has 156 valence electrons. The second-order valence-electron chi connectivity index (χ2n) is 8.44. The molecule has 0 aromatic heterocycles. The second-order valence-corrected chi connectivity index (χ2v) is 8.44. The summed E-state index contributed by atoms with van der Waals surface area (Å²) < 4.78 is 0. The van der Waals surface area contributed by atoms with E-state index in [9.17, 15) is 9.59 Å². The summed E-state index contributed by atoms with van der Waals surface area (Å²) in [6, 6.07) is 17.8. The number of rotatable bonds is 9. The van der Waals surface area contributed by atoms with Crippen LogP contribution >= 0.6 is 0 Å². The molecule has 0 saturated heterocycles. The zero-order valence-electron chi connectivity index (χ0n) is 18.0. The van der Waals surface area contributed by atoms with Gasteiger partial charge in [0.25, 0.3) is 5.91 Å². The molecule has 0 heterocycles. The van der Waals surface area contributed by atoms with Crippen LogP contribution in [0.2, 0.25) is 0 Å². The van der Waals surface area contributed by atoms with E-state index in [1.807, 2.05) is 30.3 Å². The van der Waals surface area contributed by atoms with Crippen LogP contribution in [0.1, 0.15) is 48.7 Å². The molecule has 2 N–H and O–H groups in total. The van der Waals surface area contributed by atoms with Crippen molar-refractivity contribution in [2.24, 2.45) is 0 Å². The largest absolute Gasteiger partial charge is 0.355 e. The Hall–Kier alpha value is -2.66. The fourth-order valence-electron chi connectivity index (χ4n) is 3.00. The highest BCUT2D eigenvalue weighted by Gasteiger charge is 2.14. The summed E-state index contributed by atoms with van der Waals surface area (Å²) in [6.07, 6.45) is 0.858. The number of nitrogens with zero attached hydrogens (tertiary/aromatic N) is 1. The minimum absolute atomic E-state index is 0.0142. The Morgan fingerprint density at radius 1 is 0.931 bits per heavy atom. The summed E-state index contributed by atoms with van der Waals surface area (Å²) >= 11 is 0. The van der Waals surface area contributed by atoms with Crippen LogP contribution in [0.15, 0.2) is 54.6 Å². The summed E-state index contributed by atoms with van der Waals surface area (Å²) in [5.41, 5.74) is 3.05. The van der Waals surface area contributed by atoms with E-state index in [0.29, 0.717) is 12.1 Å². The highest BCUT2D eigenvalue weighted by atomic mass is 16.2. The molecular formula is C24H33N3O2. The maximum absolute atomic E-state index is 12.2. The molecule has 0 aliphatic rings. The summed E-state index contributed by atoms with van der Waals surface area (Å²) in [6.45, 7) is 8.75. The quantitative estimate of drug-likeness (QED) is 0.640. The molecule has 0 atom stereocenters. The minimum Gasteiger partial charge on any atom is -0.355 e. The number of carbonyl (C=O) groups is 2. The van der Waals surface area contributed by atoms with Crippen molar-refractivity contribution in [2.45, 2.75) is 39.2 Å². The van der Waals surface area contributed by atoms with E-state index in [1.165, 1.54) is 11.1 Å². The average Bonchev–Trinajstić information content (AvgIpc) is 2.69. The van der Waals surface area contributed by atoms with Crippen LogP contribution in [0.4, 0.5) is 0 Å². The van der Waals surface area contributed by atoms with E-state index in [4.69, 9.17) is 0 Å². The average molecular weight is 396 g/mol. The van der Waals surface area contributed by atoms with Crippen LogP contribution in [-0.4, -0.2) is 43.4 Å². The predicted octanol–water partition coefficient (Wildman–Crippen LogP) is 3.35. The Morgan fingerprint density at radius 3 is 2.21 bits per heavy atom. The van der Waals surface area contributed by atoms with Crippen molar-refractivity contribution < 1.29 is 9.59 Å². The number of nitrogens with one attached hydrogen (secondary N) is 2. The molecule has 5 heteroatoms. The van der Waals surface area contributed by atoms with Gasteiger partial charge < -0.3 is 15.5 Å². The Balaban J connectivity index is 1.63. The van der Waals surface area contributed by atoms with Crippen LogP contribution in [0.25, 0.3) is 0 Å². The van der Waals surface area contributed by atoms with Gasteiger partial charge in [-0.15, -0.1) is 0 Å². The molecule has 0 spiro atoms. The van der Waals surface area contributed by atoms with Crippen molar-refractivity contribution in [1.82, 2.24) is 15.5 Å². The molecule has 2 aromatic carbocycles. The Kier molecular flexibility index (Phi) is 8.40. The van der Waals surface area contributed by atoms with Gasteiger partial charge in [0.1, 0.15) is 0 Å². The first kappa shape index (κ1) is 22.6. The fourth-order valence-corrected chi connectivity index (χ4v) is 3.00. The molecule has 2 amide bonds. The molecule has 0 fully saturated rings. The first-order valence-corrected chi connectivity index (χ1v) is 10.1. The molecule has 0 aliphatic heterocycles. The van der Waals surface area contributed by atoms with E-state index >= 15 is 0 Å². The molecule has 0 radical (unpaired) electrons. The number of carbonyl (C=O) groups excluding carboxylic acids is 2. The van der Waals surface area contributed by atoms with E-state index in [1.54, 1.807) is 12.1 Å². The van der Waals surface area contributed by atoms with Gasteiger partial charge >= 0.3 is 0 Å². The smallest absolute Gasteiger partial charge is 0.251 e. The Labute approximate surface area is 174 Å². The highest BCUT2D eigenvalue weighted by Crippen LogP contribution is 2.22. The van der Waals surface area contributed by atoms with Gasteiger partial charge in [-0.3, -0.25) is 9.59 Å². The third-order valence-electron chi connectivity index (χ3n) is 4.76. The molecule has 29 heavy (non-hydrogen) atoms. The van der Waals surface area contributed by atoms with Crippen LogP contribution in [-0.2, 0) is 16.8 Å². The van der Waals surface area contributed by atoms with Gasteiger partial charge in [-0.25, -0.2) is 0 Å². The number of hydrogen-bond donors (Lipinski definition) is 2. The SMILES string of the molecule is CN(CCCNC(=O)CNC(=O)c1ccc(C(C)(C)C)cc1)Cc1ccccc1. The van der Waals surface area contributed by atoms with Crippen LogP contribution in [0.5, 0.6) is 0 Å². The highest BCUT2D eigenvalue weighted by molar-refractivity contribution is 5.96. The standard InChI is InChI=1S/C24H33N3O2/c1-24(2,3)21-13-11-20(12-14-21)23(29)26-17-22(28)25-15-8-16-27(4)18-19-9-6-5-7-10-19/h5-7,9-14H,8,15-18H2,1-4H3,(H,25,28)(H,26,29). The second kappa shape index (κ2) is 10.8. The fraction of sp³-hybridized carbons (Fsp3) is 0.417. The van der Waals surface area contributed by atoms with Crippen molar-refractivity contribution in [3.05, 3.63) is 71.3 Å². The van der Waals surface area contributed by atoms with Crippen molar-refractivity contribution in [3.63, 3.8) is 0 Å². The third kappa shape index (κ3) is 8.08. The van der Waals surface area contributed by atoms with Crippen molar-refractivity contribution in [3.8, 4) is 0 Å². The van der Waals surface area contributed by atoms with E-state index in [0.717, 1.165) is 19.5 Å². The first-order chi connectivity index (χ1) is 13.8. The lowest BCUT2D eigenvalue weighted by atomic mass is 9.87. The van der Waals surface area contributed by atoms with Gasteiger partial charge in [0.2, 0.25) is 5.91 Å². The third-order valence-corrected chi connectivity index (χ3v) is 4.76. The monoisotopic (exact) mass is 395 g/mol. The van der Waals surface area contributed by atoms with Crippen LogP contribution in [0.3, 0.4) is 0 Å². The zero-order valence-corrected chi connectivity index (χ0v) is 18.0. The molecule has 0 saturated carbocycles. The van der Waals surface area contributed by atoms with Crippen LogP contribution < -0.4 is 10.6 Å². The predicted molar refractivity (Wildman–Crippen MR) is 118 cm³/mol. The summed E-state index contributed by atoms with van der Waals surface area (Å²) in [5.74, 6) is -0.404. The van der Waals surface area contributed by atoms with Gasteiger partial charge in [0, 0.05) is 18.7 Å². The molecule has 2 rings (SSSR count). The van der Waals surface area contributed by atoms with Crippen molar-refractivity contribution >= 4 is 11.8 Å². The lowest BCUT2D eigenvalue weighted by molar-refractivity contribution is -0.120. The minimum atomic E-state index is -0.233. The number of benzene rings is 2. The van der Waals surface area contributed by atoms with E-state index < -0.39 is 0 Å². The van der Waals surface area contributed by atoms with Gasteiger partial charge in [0.15, 0.2) is 0 Å². The summed E-state index contributed by atoms with van der Waals surface area (Å²) in [7, 11) is 2.07. The van der Waals surface area contributed by atoms with Gasteiger partial charge in [0.05, 0.1) is 6.54 Å². The number of hydrogen-bond acceptors (Lipinski definition) is 3. The zero-order chi connectivity index (χ0) is 21.3. The molecule has 0 aliphatic carbocycles. The van der Waals surface area contributed by atoms with Gasteiger partial charge in [-0.05, 0) is 48.7 Å². The summed E-state index contributed by atoms with van der Waals surface area (Å²) in [4.78, 5) is 26.4. The maximum atomic E-state index is 12.2. The Morgan fingerprint density at radius 2 is 1.59 bits per heavy atom. The van der Waals surface area contributed by atoms with Gasteiger partial charge in [-0.2, -0.15) is 0 Å². The summed E-state index contributed by atoms with van der Waals surface area (Å²) in [5, 5.41) is 5.54. The van der Waals surface area contributed by atoms with Gasteiger partial charge in [-0.1, -0.05) is 63.2 Å². The molecule has 5 nitrogen and oxygen atoms in total. The van der Waals surface area contributed by atoms with Crippen molar-refractivity contribution in [2.75, 3.05) is 26.7 Å². The molecule has 2 aromatic rings. The molecular weight excluding hydrogens is 362 g/mol. The normalized spacial score (nSPS) is 11.3. The lowest BCUT2D eigenvalue weighted by Crippen LogP contribution is -2.37. The number of amides is 2. The maximum Gasteiger partial charge on any atom is 0.251 e. The van der Waals surface area contributed by atoms with E-state index in [2.05, 4.69) is 55.5 Å². The first-order valence-electron chi connectivity index (χ1n) is 10.1. The molecule has 0 unspecified atom stereocenters. The van der Waals surface area contributed by atoms with Crippen LogP contribution in [0, 0.1) is 0 Å². The van der Waals surface area contributed by atoms with E-state index in [-0.39, 0.29) is 23.8 Å². The lowest BCUT2D eigenvalue weighted by Gasteiger charge is -2.19. The van der Waals surface area contributed by atoms with Crippen molar-refractivity contribution in [1.29, 1.82) is 0 Å².